The Morgan fingerprint density at radius 2 is 1.70 bits per heavy atom. The van der Waals surface area contributed by atoms with E-state index in [9.17, 15) is 14.4 Å². The predicted molar refractivity (Wildman–Crippen MR) is 99.8 cm³/mol. The summed E-state index contributed by atoms with van der Waals surface area (Å²) in [4.78, 5) is 49.9. The maximum Gasteiger partial charge on any atom is 0.323 e. The first-order valence-corrected chi connectivity index (χ1v) is 8.49. The number of anilines is 3. The first kappa shape index (κ1) is 18.3. The summed E-state index contributed by atoms with van der Waals surface area (Å²) in [5, 5.41) is 0. The Morgan fingerprint density at radius 1 is 1.04 bits per heavy atom. The first-order chi connectivity index (χ1) is 13.0. The van der Waals surface area contributed by atoms with Gasteiger partial charge in [-0.3, -0.25) is 14.4 Å². The number of nitrogens with two attached hydrogens (primary N) is 1. The van der Waals surface area contributed by atoms with Gasteiger partial charge < -0.3 is 15.5 Å². The fourth-order valence-corrected chi connectivity index (χ4v) is 2.90. The summed E-state index contributed by atoms with van der Waals surface area (Å²) in [5.74, 6) is -1.57. The molecule has 27 heavy (non-hydrogen) atoms. The van der Waals surface area contributed by atoms with E-state index in [1.54, 1.807) is 36.7 Å². The third kappa shape index (κ3) is 4.02. The zero-order valence-electron chi connectivity index (χ0n) is 14.9. The molecule has 0 spiro atoms. The second kappa shape index (κ2) is 7.81. The maximum atomic E-state index is 12.7. The van der Waals surface area contributed by atoms with Crippen LogP contribution in [0.25, 0.3) is 0 Å². The lowest BCUT2D eigenvalue weighted by Gasteiger charge is -2.34. The molecule has 1 aliphatic heterocycles. The van der Waals surface area contributed by atoms with E-state index in [1.165, 1.54) is 17.9 Å². The molecule has 0 aliphatic carbocycles. The van der Waals surface area contributed by atoms with Crippen LogP contribution in [-0.2, 0) is 14.4 Å². The number of aromatic nitrogens is 2. The van der Waals surface area contributed by atoms with E-state index in [4.69, 9.17) is 5.73 Å². The number of nitrogens with zero attached hydrogens (tertiary/aromatic N) is 5. The Kier molecular flexibility index (Phi) is 5.30. The van der Waals surface area contributed by atoms with Gasteiger partial charge in [-0.1, -0.05) is 6.07 Å². The van der Waals surface area contributed by atoms with Crippen molar-refractivity contribution in [2.45, 2.75) is 6.92 Å². The van der Waals surface area contributed by atoms with Crippen LogP contribution in [0.4, 0.5) is 17.3 Å². The van der Waals surface area contributed by atoms with Crippen LogP contribution < -0.4 is 15.5 Å². The van der Waals surface area contributed by atoms with Gasteiger partial charge in [0.05, 0.1) is 5.69 Å². The van der Waals surface area contributed by atoms with Crippen molar-refractivity contribution >= 4 is 35.0 Å². The fraction of sp³-hybridized carbons (Fsp3) is 0.278. The van der Waals surface area contributed by atoms with E-state index in [2.05, 4.69) is 9.97 Å². The second-order valence-electron chi connectivity index (χ2n) is 6.08. The molecule has 0 saturated carbocycles. The lowest BCUT2D eigenvalue weighted by Crippen LogP contribution is -2.54. The number of imide groups is 1. The SMILES string of the molecule is CC(=O)N(C(=O)C(=O)N1CCN(c2ncccn2)CC1)c1cccc(N)c1. The average Bonchev–Trinajstić information content (AvgIpc) is 2.68. The van der Waals surface area contributed by atoms with Crippen LogP contribution in [0.5, 0.6) is 0 Å². The van der Waals surface area contributed by atoms with Crippen LogP contribution in [0.2, 0.25) is 0 Å². The normalized spacial score (nSPS) is 14.0. The van der Waals surface area contributed by atoms with Crippen molar-refractivity contribution in [3.05, 3.63) is 42.7 Å². The summed E-state index contributed by atoms with van der Waals surface area (Å²) in [5.41, 5.74) is 6.40. The largest absolute Gasteiger partial charge is 0.399 e. The number of carbonyl (C=O) groups excluding carboxylic acids is 3. The van der Waals surface area contributed by atoms with Crippen molar-refractivity contribution < 1.29 is 14.4 Å². The van der Waals surface area contributed by atoms with Crippen molar-refractivity contribution in [1.82, 2.24) is 14.9 Å². The minimum atomic E-state index is -0.891. The molecular formula is C18H20N6O3. The number of amides is 3. The Labute approximate surface area is 156 Å². The van der Waals surface area contributed by atoms with E-state index in [0.717, 1.165) is 4.90 Å². The minimum absolute atomic E-state index is 0.275. The molecule has 9 nitrogen and oxygen atoms in total. The van der Waals surface area contributed by atoms with Crippen molar-refractivity contribution in [3.8, 4) is 0 Å². The first-order valence-electron chi connectivity index (χ1n) is 8.49. The van der Waals surface area contributed by atoms with E-state index in [-0.39, 0.29) is 5.69 Å². The third-order valence-corrected chi connectivity index (χ3v) is 4.23. The van der Waals surface area contributed by atoms with E-state index < -0.39 is 17.7 Å². The van der Waals surface area contributed by atoms with Crippen LogP contribution in [0, 0.1) is 0 Å². The van der Waals surface area contributed by atoms with Gasteiger partial charge in [0.15, 0.2) is 0 Å². The number of rotatable bonds is 2. The summed E-state index contributed by atoms with van der Waals surface area (Å²) in [6.45, 7) is 2.92. The highest BCUT2D eigenvalue weighted by molar-refractivity contribution is 6.45. The number of hydrogen-bond acceptors (Lipinski definition) is 7. The molecule has 3 rings (SSSR count). The third-order valence-electron chi connectivity index (χ3n) is 4.23. The molecule has 0 atom stereocenters. The van der Waals surface area contributed by atoms with Gasteiger partial charge in [-0.15, -0.1) is 0 Å². The number of piperazine rings is 1. The molecule has 1 aromatic carbocycles. The van der Waals surface area contributed by atoms with Gasteiger partial charge in [0.25, 0.3) is 0 Å². The standard InChI is InChI=1S/C18H20N6O3/c1-13(25)24(15-5-2-4-14(19)12-15)17(27)16(26)22-8-10-23(11-9-22)18-20-6-3-7-21-18/h2-7,12H,8-11,19H2,1H3. The van der Waals surface area contributed by atoms with Gasteiger partial charge in [0.2, 0.25) is 11.9 Å². The van der Waals surface area contributed by atoms with Crippen LogP contribution in [0.15, 0.2) is 42.7 Å². The molecule has 2 heterocycles. The molecule has 2 N–H and O–H groups in total. The van der Waals surface area contributed by atoms with Crippen molar-refractivity contribution in [2.24, 2.45) is 0 Å². The summed E-state index contributed by atoms with van der Waals surface area (Å²) in [7, 11) is 0. The van der Waals surface area contributed by atoms with Crippen LogP contribution in [0.1, 0.15) is 6.92 Å². The van der Waals surface area contributed by atoms with E-state index in [0.29, 0.717) is 37.8 Å². The topological polar surface area (TPSA) is 113 Å². The van der Waals surface area contributed by atoms with Gasteiger partial charge >= 0.3 is 11.8 Å². The zero-order valence-corrected chi connectivity index (χ0v) is 14.9. The number of benzene rings is 1. The highest BCUT2D eigenvalue weighted by Crippen LogP contribution is 2.19. The van der Waals surface area contributed by atoms with Crippen molar-refractivity contribution in [3.63, 3.8) is 0 Å². The minimum Gasteiger partial charge on any atom is -0.399 e. The zero-order chi connectivity index (χ0) is 19.4. The monoisotopic (exact) mass is 368 g/mol. The fourth-order valence-electron chi connectivity index (χ4n) is 2.90. The molecule has 1 fully saturated rings. The Bertz CT molecular complexity index is 849. The maximum absolute atomic E-state index is 12.7. The smallest absolute Gasteiger partial charge is 0.323 e. The summed E-state index contributed by atoms with van der Waals surface area (Å²) >= 11 is 0. The molecular weight excluding hydrogens is 348 g/mol. The average molecular weight is 368 g/mol. The molecule has 2 aromatic rings. The Hall–Kier alpha value is -3.49. The molecule has 3 amide bonds. The van der Waals surface area contributed by atoms with Crippen LogP contribution >= 0.6 is 0 Å². The summed E-state index contributed by atoms with van der Waals surface area (Å²) in [6.07, 6.45) is 3.30. The van der Waals surface area contributed by atoms with Crippen molar-refractivity contribution in [1.29, 1.82) is 0 Å². The summed E-state index contributed by atoms with van der Waals surface area (Å²) in [6, 6.07) is 8.04. The quantitative estimate of drug-likeness (QED) is 0.599. The molecule has 0 bridgehead atoms. The number of nitrogen functional groups attached to an aromatic ring is 1. The number of hydrogen-bond donors (Lipinski definition) is 1. The lowest BCUT2D eigenvalue weighted by molar-refractivity contribution is -0.145. The van der Waals surface area contributed by atoms with Gasteiger partial charge in [0, 0.05) is 51.2 Å². The second-order valence-corrected chi connectivity index (χ2v) is 6.08. The van der Waals surface area contributed by atoms with Crippen LogP contribution in [0.3, 0.4) is 0 Å². The Balaban J connectivity index is 1.69. The highest BCUT2D eigenvalue weighted by Gasteiger charge is 2.32. The summed E-state index contributed by atoms with van der Waals surface area (Å²) < 4.78 is 0. The van der Waals surface area contributed by atoms with Gasteiger partial charge in [-0.2, -0.15) is 0 Å². The van der Waals surface area contributed by atoms with Gasteiger partial charge in [-0.25, -0.2) is 14.9 Å². The molecule has 1 saturated heterocycles. The van der Waals surface area contributed by atoms with E-state index in [1.807, 2.05) is 4.90 Å². The molecule has 0 unspecified atom stereocenters. The molecule has 9 heteroatoms. The predicted octanol–water partition coefficient (Wildman–Crippen LogP) is 0.287. The van der Waals surface area contributed by atoms with Gasteiger partial charge in [0.1, 0.15) is 0 Å². The highest BCUT2D eigenvalue weighted by atomic mass is 16.2. The van der Waals surface area contributed by atoms with Crippen molar-refractivity contribution in [2.75, 3.05) is 41.7 Å². The molecule has 1 aromatic heterocycles. The number of carbonyl (C=O) groups is 3. The van der Waals surface area contributed by atoms with E-state index >= 15 is 0 Å². The molecule has 0 radical (unpaired) electrons. The lowest BCUT2D eigenvalue weighted by atomic mass is 10.2. The van der Waals surface area contributed by atoms with Crippen LogP contribution in [-0.4, -0.2) is 58.8 Å². The molecule has 1 aliphatic rings. The van der Waals surface area contributed by atoms with Gasteiger partial charge in [-0.05, 0) is 24.3 Å². The Morgan fingerprint density at radius 3 is 2.30 bits per heavy atom. The molecule has 140 valence electrons.